The number of nitrogens with one attached hydrogen (secondary N) is 2. The van der Waals surface area contributed by atoms with Crippen LogP contribution in [0.5, 0.6) is 0 Å². The van der Waals surface area contributed by atoms with Crippen molar-refractivity contribution in [2.45, 2.75) is 83.2 Å². The van der Waals surface area contributed by atoms with Gasteiger partial charge in [-0.2, -0.15) is 0 Å². The number of hydrogen-bond donors (Lipinski definition) is 2. The lowest BCUT2D eigenvalue weighted by Gasteiger charge is -2.32. The average Bonchev–Trinajstić information content (AvgIpc) is 3.28. The molecule has 3 atom stereocenters. The fourth-order valence-corrected chi connectivity index (χ4v) is 5.12. The monoisotopic (exact) mass is 350 g/mol. The first-order chi connectivity index (χ1) is 12.2. The van der Waals surface area contributed by atoms with E-state index in [0.717, 1.165) is 38.4 Å². The van der Waals surface area contributed by atoms with Crippen LogP contribution < -0.4 is 10.2 Å². The molecule has 0 aromatic rings. The summed E-state index contributed by atoms with van der Waals surface area (Å²) in [6.07, 6.45) is 11.5. The largest absolute Gasteiger partial charge is 0.356 e. The van der Waals surface area contributed by atoms with Crippen molar-refractivity contribution in [2.24, 2.45) is 5.92 Å². The van der Waals surface area contributed by atoms with Crippen molar-refractivity contribution >= 4 is 11.8 Å². The first kappa shape index (κ1) is 18.7. The lowest BCUT2D eigenvalue weighted by Crippen LogP contribution is -3.16. The van der Waals surface area contributed by atoms with Crippen molar-refractivity contribution in [3.63, 3.8) is 0 Å². The summed E-state index contributed by atoms with van der Waals surface area (Å²) in [5, 5.41) is 3.10. The van der Waals surface area contributed by atoms with Gasteiger partial charge in [0.05, 0.1) is 25.0 Å². The molecule has 142 valence electrons. The van der Waals surface area contributed by atoms with Gasteiger partial charge >= 0.3 is 0 Å². The molecule has 2 saturated heterocycles. The molecule has 1 aliphatic carbocycles. The zero-order chi connectivity index (χ0) is 17.6. The molecular formula is C20H36N3O2+. The molecule has 3 aliphatic rings. The number of piperidine rings is 1. The van der Waals surface area contributed by atoms with Crippen LogP contribution in [0.3, 0.4) is 0 Å². The standard InChI is InChI=1S/C20H35N3O2/c1-2-17-8-5-6-12-22(17)13-7-11-21-20(25)16-14-19(24)23(15-16)18-9-3-4-10-18/h16-18H,2-15H2,1H3,(H,21,25)/p+1/t16-,17-/m1/s1. The Hall–Kier alpha value is -1.10. The molecule has 2 heterocycles. The predicted octanol–water partition coefficient (Wildman–Crippen LogP) is 1.13. The zero-order valence-corrected chi connectivity index (χ0v) is 15.9. The smallest absolute Gasteiger partial charge is 0.225 e. The minimum Gasteiger partial charge on any atom is -0.356 e. The second-order valence-electron chi connectivity index (χ2n) is 8.29. The number of carbonyl (C=O) groups is 2. The third-order valence-electron chi connectivity index (χ3n) is 6.64. The Morgan fingerprint density at radius 1 is 1.20 bits per heavy atom. The van der Waals surface area contributed by atoms with Gasteiger partial charge in [-0.3, -0.25) is 9.59 Å². The Labute approximate surface area is 152 Å². The van der Waals surface area contributed by atoms with E-state index in [-0.39, 0.29) is 17.7 Å². The number of likely N-dealkylation sites (tertiary alicyclic amines) is 2. The Morgan fingerprint density at radius 2 is 1.96 bits per heavy atom. The summed E-state index contributed by atoms with van der Waals surface area (Å²) >= 11 is 0. The van der Waals surface area contributed by atoms with Gasteiger partial charge < -0.3 is 15.1 Å². The molecule has 5 nitrogen and oxygen atoms in total. The zero-order valence-electron chi connectivity index (χ0n) is 15.9. The van der Waals surface area contributed by atoms with Gasteiger partial charge in [0.2, 0.25) is 11.8 Å². The Bertz CT molecular complexity index is 462. The van der Waals surface area contributed by atoms with Crippen molar-refractivity contribution in [2.75, 3.05) is 26.2 Å². The highest BCUT2D eigenvalue weighted by Gasteiger charge is 2.38. The summed E-state index contributed by atoms with van der Waals surface area (Å²) in [5.74, 6) is 0.156. The molecule has 25 heavy (non-hydrogen) atoms. The number of nitrogens with zero attached hydrogens (tertiary/aromatic N) is 1. The molecule has 2 aliphatic heterocycles. The SMILES string of the molecule is CC[C@@H]1CCCC[NH+]1CCCNC(=O)[C@@H]1CC(=O)N(C2CCCC2)C1. The number of quaternary nitrogens is 1. The highest BCUT2D eigenvalue weighted by molar-refractivity contribution is 5.89. The van der Waals surface area contributed by atoms with E-state index in [4.69, 9.17) is 0 Å². The maximum absolute atomic E-state index is 12.4. The molecule has 0 aromatic heterocycles. The Morgan fingerprint density at radius 3 is 2.72 bits per heavy atom. The lowest BCUT2D eigenvalue weighted by molar-refractivity contribution is -0.930. The molecular weight excluding hydrogens is 314 g/mol. The fraction of sp³-hybridized carbons (Fsp3) is 0.900. The van der Waals surface area contributed by atoms with E-state index < -0.39 is 0 Å². The van der Waals surface area contributed by atoms with Gasteiger partial charge in [0.25, 0.3) is 0 Å². The average molecular weight is 351 g/mol. The van der Waals surface area contributed by atoms with Crippen LogP contribution in [0.15, 0.2) is 0 Å². The second-order valence-corrected chi connectivity index (χ2v) is 8.29. The fourth-order valence-electron chi connectivity index (χ4n) is 5.12. The van der Waals surface area contributed by atoms with E-state index in [0.29, 0.717) is 19.0 Å². The predicted molar refractivity (Wildman–Crippen MR) is 98.3 cm³/mol. The van der Waals surface area contributed by atoms with Crippen LogP contribution in [0.25, 0.3) is 0 Å². The molecule has 1 unspecified atom stereocenters. The molecule has 2 N–H and O–H groups in total. The number of amides is 2. The van der Waals surface area contributed by atoms with E-state index in [9.17, 15) is 9.59 Å². The van der Waals surface area contributed by atoms with Crippen molar-refractivity contribution in [1.82, 2.24) is 10.2 Å². The molecule has 0 radical (unpaired) electrons. The van der Waals surface area contributed by atoms with Gasteiger partial charge in [0.15, 0.2) is 0 Å². The second kappa shape index (κ2) is 9.02. The Balaban J connectivity index is 1.36. The van der Waals surface area contributed by atoms with Crippen molar-refractivity contribution in [3.8, 4) is 0 Å². The molecule has 0 aromatic carbocycles. The quantitative estimate of drug-likeness (QED) is 0.677. The molecule has 3 rings (SSSR count). The van der Waals surface area contributed by atoms with E-state index in [1.54, 1.807) is 4.90 Å². The highest BCUT2D eigenvalue weighted by Crippen LogP contribution is 2.29. The summed E-state index contributed by atoms with van der Waals surface area (Å²) in [7, 11) is 0. The molecule has 0 bridgehead atoms. The van der Waals surface area contributed by atoms with Crippen LogP contribution in [-0.4, -0.2) is 55.0 Å². The molecule has 3 fully saturated rings. The van der Waals surface area contributed by atoms with Gasteiger partial charge in [-0.15, -0.1) is 0 Å². The molecule has 5 heteroatoms. The summed E-state index contributed by atoms with van der Waals surface area (Å²) in [6, 6.07) is 1.22. The van der Waals surface area contributed by atoms with E-state index in [1.165, 1.54) is 45.1 Å². The lowest BCUT2D eigenvalue weighted by atomic mass is 10.00. The van der Waals surface area contributed by atoms with Crippen LogP contribution in [0.2, 0.25) is 0 Å². The first-order valence-electron chi connectivity index (χ1n) is 10.6. The maximum atomic E-state index is 12.4. The number of carbonyl (C=O) groups excluding carboxylic acids is 2. The van der Waals surface area contributed by atoms with Gasteiger partial charge in [-0.05, 0) is 38.5 Å². The topological polar surface area (TPSA) is 53.9 Å². The number of hydrogen-bond acceptors (Lipinski definition) is 2. The van der Waals surface area contributed by atoms with Crippen LogP contribution in [0, 0.1) is 5.92 Å². The first-order valence-corrected chi connectivity index (χ1v) is 10.6. The van der Waals surface area contributed by atoms with E-state index >= 15 is 0 Å². The van der Waals surface area contributed by atoms with Gasteiger partial charge in [-0.1, -0.05) is 19.8 Å². The molecule has 0 spiro atoms. The maximum Gasteiger partial charge on any atom is 0.225 e. The third kappa shape index (κ3) is 4.75. The van der Waals surface area contributed by atoms with Crippen LogP contribution in [0.4, 0.5) is 0 Å². The highest BCUT2D eigenvalue weighted by atomic mass is 16.2. The van der Waals surface area contributed by atoms with Gasteiger partial charge in [0, 0.05) is 32.0 Å². The van der Waals surface area contributed by atoms with Crippen molar-refractivity contribution in [1.29, 1.82) is 0 Å². The minimum atomic E-state index is -0.126. The summed E-state index contributed by atoms with van der Waals surface area (Å²) in [6.45, 7) is 6.15. The van der Waals surface area contributed by atoms with E-state index in [1.807, 2.05) is 4.90 Å². The summed E-state index contributed by atoms with van der Waals surface area (Å²) in [4.78, 5) is 28.4. The molecule has 2 amide bonds. The minimum absolute atomic E-state index is 0.0922. The van der Waals surface area contributed by atoms with Crippen molar-refractivity contribution < 1.29 is 14.5 Å². The third-order valence-corrected chi connectivity index (χ3v) is 6.64. The summed E-state index contributed by atoms with van der Waals surface area (Å²) < 4.78 is 0. The van der Waals surface area contributed by atoms with Gasteiger partial charge in [-0.25, -0.2) is 0 Å². The van der Waals surface area contributed by atoms with Crippen LogP contribution in [-0.2, 0) is 9.59 Å². The van der Waals surface area contributed by atoms with Crippen LogP contribution >= 0.6 is 0 Å². The van der Waals surface area contributed by atoms with Gasteiger partial charge in [0.1, 0.15) is 0 Å². The van der Waals surface area contributed by atoms with Crippen LogP contribution in [0.1, 0.15) is 71.1 Å². The molecule has 1 saturated carbocycles. The van der Waals surface area contributed by atoms with Crippen molar-refractivity contribution in [3.05, 3.63) is 0 Å². The Kier molecular flexibility index (Phi) is 6.74. The van der Waals surface area contributed by atoms with E-state index in [2.05, 4.69) is 12.2 Å². The number of rotatable bonds is 7. The summed E-state index contributed by atoms with van der Waals surface area (Å²) in [5.41, 5.74) is 0. The normalized spacial score (nSPS) is 30.8.